The number of rotatable bonds is 3. The van der Waals surface area contributed by atoms with Crippen LogP contribution in [0.2, 0.25) is 0 Å². The lowest BCUT2D eigenvalue weighted by atomic mass is 9.88. The number of hydrogen-bond acceptors (Lipinski definition) is 2. The Kier molecular flexibility index (Phi) is 4.68. The van der Waals surface area contributed by atoms with Crippen LogP contribution in [0.4, 0.5) is 5.69 Å². The van der Waals surface area contributed by atoms with Crippen LogP contribution in [-0.4, -0.2) is 19.6 Å². The summed E-state index contributed by atoms with van der Waals surface area (Å²) in [6.45, 7) is 7.76. The highest BCUT2D eigenvalue weighted by atomic mass is 79.9. The summed E-state index contributed by atoms with van der Waals surface area (Å²) in [7, 11) is 0. The molecule has 1 aliphatic heterocycles. The Morgan fingerprint density at radius 2 is 2.11 bits per heavy atom. The van der Waals surface area contributed by atoms with Gasteiger partial charge in [-0.1, -0.05) is 19.9 Å². The Hall–Kier alpha value is -0.540. The molecular weight excluding hydrogens is 288 g/mol. The molecule has 0 bridgehead atoms. The minimum Gasteiger partial charge on any atom is -0.370 e. The zero-order valence-corrected chi connectivity index (χ0v) is 12.9. The van der Waals surface area contributed by atoms with Crippen molar-refractivity contribution in [3.8, 4) is 0 Å². The summed E-state index contributed by atoms with van der Waals surface area (Å²) >= 11 is 3.71. The van der Waals surface area contributed by atoms with Crippen LogP contribution in [0.3, 0.4) is 0 Å². The molecule has 1 heterocycles. The summed E-state index contributed by atoms with van der Waals surface area (Å²) in [4.78, 5) is 2.50. The third kappa shape index (κ3) is 3.07. The van der Waals surface area contributed by atoms with Gasteiger partial charge >= 0.3 is 0 Å². The SMILES string of the molecule is CC1CCN(c2ccc(CCN)cc2Br)CC1C. The molecule has 1 aromatic carbocycles. The number of piperidine rings is 1. The summed E-state index contributed by atoms with van der Waals surface area (Å²) in [5, 5.41) is 0. The van der Waals surface area contributed by atoms with Crippen LogP contribution in [-0.2, 0) is 6.42 Å². The summed E-state index contributed by atoms with van der Waals surface area (Å²) in [5.41, 5.74) is 8.24. The van der Waals surface area contributed by atoms with Crippen LogP contribution >= 0.6 is 15.9 Å². The molecule has 2 nitrogen and oxygen atoms in total. The number of benzene rings is 1. The fourth-order valence-corrected chi connectivity index (χ4v) is 3.29. The van der Waals surface area contributed by atoms with Crippen molar-refractivity contribution in [3.05, 3.63) is 28.2 Å². The molecule has 0 aliphatic carbocycles. The van der Waals surface area contributed by atoms with Crippen molar-refractivity contribution in [1.82, 2.24) is 0 Å². The van der Waals surface area contributed by atoms with Gasteiger partial charge in [0, 0.05) is 17.6 Å². The molecule has 100 valence electrons. The van der Waals surface area contributed by atoms with Crippen molar-refractivity contribution in [3.63, 3.8) is 0 Å². The van der Waals surface area contributed by atoms with E-state index in [2.05, 4.69) is 52.9 Å². The molecule has 0 radical (unpaired) electrons. The largest absolute Gasteiger partial charge is 0.370 e. The van der Waals surface area contributed by atoms with Crippen LogP contribution in [0.1, 0.15) is 25.8 Å². The van der Waals surface area contributed by atoms with Crippen LogP contribution in [0.25, 0.3) is 0 Å². The lowest BCUT2D eigenvalue weighted by molar-refractivity contribution is 0.324. The van der Waals surface area contributed by atoms with Gasteiger partial charge in [-0.2, -0.15) is 0 Å². The Labute approximate surface area is 119 Å². The van der Waals surface area contributed by atoms with Crippen LogP contribution in [0.5, 0.6) is 0 Å². The third-order valence-electron chi connectivity index (χ3n) is 4.12. The van der Waals surface area contributed by atoms with Gasteiger partial charge in [-0.05, 0) is 64.8 Å². The van der Waals surface area contributed by atoms with Gasteiger partial charge < -0.3 is 10.6 Å². The fraction of sp³-hybridized carbons (Fsp3) is 0.600. The molecule has 2 atom stereocenters. The Balaban J connectivity index is 2.13. The predicted octanol–water partition coefficient (Wildman–Crippen LogP) is 3.43. The molecule has 2 rings (SSSR count). The smallest absolute Gasteiger partial charge is 0.0510 e. The summed E-state index contributed by atoms with van der Waals surface area (Å²) in [6.07, 6.45) is 2.24. The van der Waals surface area contributed by atoms with Gasteiger partial charge in [0.15, 0.2) is 0 Å². The molecule has 1 aromatic rings. The van der Waals surface area contributed by atoms with Crippen molar-refractivity contribution < 1.29 is 0 Å². The van der Waals surface area contributed by atoms with Crippen molar-refractivity contribution in [1.29, 1.82) is 0 Å². The first-order valence-corrected chi connectivity index (χ1v) is 7.64. The molecule has 0 spiro atoms. The first-order valence-electron chi connectivity index (χ1n) is 6.85. The molecule has 3 heteroatoms. The predicted molar refractivity (Wildman–Crippen MR) is 82.1 cm³/mol. The lowest BCUT2D eigenvalue weighted by Gasteiger charge is -2.37. The van der Waals surface area contributed by atoms with E-state index < -0.39 is 0 Å². The van der Waals surface area contributed by atoms with Gasteiger partial charge in [0.1, 0.15) is 0 Å². The second-order valence-electron chi connectivity index (χ2n) is 5.51. The normalized spacial score (nSPS) is 24.3. The minimum absolute atomic E-state index is 0.712. The third-order valence-corrected chi connectivity index (χ3v) is 4.76. The molecular formula is C15H23BrN2. The highest BCUT2D eigenvalue weighted by Gasteiger charge is 2.23. The quantitative estimate of drug-likeness (QED) is 0.926. The van der Waals surface area contributed by atoms with Crippen molar-refractivity contribution in [2.24, 2.45) is 17.6 Å². The topological polar surface area (TPSA) is 29.3 Å². The standard InChI is InChI=1S/C15H23BrN2/c1-11-6-8-18(10-12(11)2)15-4-3-13(5-7-17)9-14(15)16/h3-4,9,11-12H,5-8,10,17H2,1-2H3. The average Bonchev–Trinajstić information content (AvgIpc) is 2.34. The van der Waals surface area contributed by atoms with Crippen molar-refractivity contribution in [2.45, 2.75) is 26.7 Å². The highest BCUT2D eigenvalue weighted by Crippen LogP contribution is 2.32. The van der Waals surface area contributed by atoms with E-state index in [0.717, 1.165) is 24.8 Å². The van der Waals surface area contributed by atoms with E-state index >= 15 is 0 Å². The Morgan fingerprint density at radius 1 is 1.33 bits per heavy atom. The molecule has 0 amide bonds. The summed E-state index contributed by atoms with van der Waals surface area (Å²) < 4.78 is 1.20. The van der Waals surface area contributed by atoms with Gasteiger partial charge in [-0.15, -0.1) is 0 Å². The van der Waals surface area contributed by atoms with Crippen LogP contribution < -0.4 is 10.6 Å². The highest BCUT2D eigenvalue weighted by molar-refractivity contribution is 9.10. The van der Waals surface area contributed by atoms with E-state index in [1.54, 1.807) is 0 Å². The number of hydrogen-bond donors (Lipinski definition) is 1. The lowest BCUT2D eigenvalue weighted by Crippen LogP contribution is -2.38. The van der Waals surface area contributed by atoms with Gasteiger partial charge in [-0.25, -0.2) is 0 Å². The Bertz CT molecular complexity index is 405. The molecule has 1 saturated heterocycles. The molecule has 0 saturated carbocycles. The minimum atomic E-state index is 0.712. The van der Waals surface area contributed by atoms with E-state index in [1.165, 1.54) is 28.7 Å². The molecule has 2 unspecified atom stereocenters. The Morgan fingerprint density at radius 3 is 2.72 bits per heavy atom. The molecule has 1 aliphatic rings. The zero-order valence-electron chi connectivity index (χ0n) is 11.3. The monoisotopic (exact) mass is 310 g/mol. The average molecular weight is 311 g/mol. The number of anilines is 1. The molecule has 0 aromatic heterocycles. The van der Waals surface area contributed by atoms with E-state index in [-0.39, 0.29) is 0 Å². The van der Waals surface area contributed by atoms with Crippen molar-refractivity contribution in [2.75, 3.05) is 24.5 Å². The summed E-state index contributed by atoms with van der Waals surface area (Å²) in [6, 6.07) is 6.65. The zero-order chi connectivity index (χ0) is 13.1. The van der Waals surface area contributed by atoms with E-state index in [9.17, 15) is 0 Å². The number of halogens is 1. The first kappa shape index (κ1) is 13.9. The van der Waals surface area contributed by atoms with E-state index in [0.29, 0.717) is 6.54 Å². The van der Waals surface area contributed by atoms with Crippen molar-refractivity contribution >= 4 is 21.6 Å². The van der Waals surface area contributed by atoms with E-state index in [1.807, 2.05) is 0 Å². The van der Waals surface area contributed by atoms with Gasteiger partial charge in [0.2, 0.25) is 0 Å². The second kappa shape index (κ2) is 6.07. The van der Waals surface area contributed by atoms with E-state index in [4.69, 9.17) is 5.73 Å². The van der Waals surface area contributed by atoms with Crippen LogP contribution in [0, 0.1) is 11.8 Å². The maximum atomic E-state index is 5.60. The van der Waals surface area contributed by atoms with Gasteiger partial charge in [0.25, 0.3) is 0 Å². The fourth-order valence-electron chi connectivity index (χ4n) is 2.61. The van der Waals surface area contributed by atoms with Gasteiger partial charge in [0.05, 0.1) is 5.69 Å². The van der Waals surface area contributed by atoms with Gasteiger partial charge in [-0.3, -0.25) is 0 Å². The number of nitrogens with two attached hydrogens (primary N) is 1. The summed E-state index contributed by atoms with van der Waals surface area (Å²) in [5.74, 6) is 1.62. The second-order valence-corrected chi connectivity index (χ2v) is 6.37. The maximum Gasteiger partial charge on any atom is 0.0510 e. The number of nitrogens with zero attached hydrogens (tertiary/aromatic N) is 1. The molecule has 18 heavy (non-hydrogen) atoms. The maximum absolute atomic E-state index is 5.60. The molecule has 1 fully saturated rings. The van der Waals surface area contributed by atoms with Crippen LogP contribution in [0.15, 0.2) is 22.7 Å². The first-order chi connectivity index (χ1) is 8.61. The molecule has 2 N–H and O–H groups in total.